The molecule has 4 nitrogen and oxygen atoms in total. The van der Waals surface area contributed by atoms with E-state index in [2.05, 4.69) is 5.32 Å². The first-order valence-corrected chi connectivity index (χ1v) is 6.65. The Hall–Kier alpha value is -1.55. The van der Waals surface area contributed by atoms with Gasteiger partial charge in [0.1, 0.15) is 5.75 Å². The van der Waals surface area contributed by atoms with Crippen LogP contribution in [0.25, 0.3) is 0 Å². The number of carbonyl (C=O) groups excluding carboxylic acids is 2. The van der Waals surface area contributed by atoms with Gasteiger partial charge < -0.3 is 10.1 Å². The van der Waals surface area contributed by atoms with Crippen LogP contribution < -0.4 is 10.1 Å². The third kappa shape index (κ3) is 3.07. The van der Waals surface area contributed by atoms with E-state index in [1.807, 2.05) is 0 Å². The maximum atomic E-state index is 11.9. The lowest BCUT2D eigenvalue weighted by Crippen LogP contribution is -2.30. The Kier molecular flexibility index (Phi) is 4.10. The predicted molar refractivity (Wildman–Crippen MR) is 72.8 cm³/mol. The number of fused-ring (bicyclic) bond motifs is 1. The minimum atomic E-state index is -0.568. The van der Waals surface area contributed by atoms with Crippen LogP contribution in [0.4, 0.5) is 0 Å². The van der Waals surface area contributed by atoms with Gasteiger partial charge in [-0.3, -0.25) is 9.59 Å². The highest BCUT2D eigenvalue weighted by Crippen LogP contribution is 2.33. The van der Waals surface area contributed by atoms with Crippen molar-refractivity contribution in [2.24, 2.45) is 0 Å². The van der Waals surface area contributed by atoms with Gasteiger partial charge in [-0.25, -0.2) is 0 Å². The van der Waals surface area contributed by atoms with Crippen molar-refractivity contribution in [3.8, 4) is 5.75 Å². The number of rotatable bonds is 3. The zero-order valence-corrected chi connectivity index (χ0v) is 11.7. The van der Waals surface area contributed by atoms with Gasteiger partial charge in [0.25, 0.3) is 0 Å². The molecule has 1 aliphatic rings. The molecule has 1 aromatic carbocycles. The molecule has 1 heterocycles. The van der Waals surface area contributed by atoms with E-state index in [0.717, 1.165) is 5.56 Å². The van der Waals surface area contributed by atoms with Crippen molar-refractivity contribution in [1.82, 2.24) is 5.32 Å². The molecule has 19 heavy (non-hydrogen) atoms. The molecule has 0 aliphatic carbocycles. The number of Topliss-reactive ketones (excluding diaryl/α,β-unsaturated/α-hetero) is 1. The number of amides is 1. The van der Waals surface area contributed by atoms with Gasteiger partial charge in [-0.2, -0.15) is 0 Å². The maximum Gasteiger partial charge on any atom is 0.217 e. The highest BCUT2D eigenvalue weighted by Gasteiger charge is 2.24. The van der Waals surface area contributed by atoms with Gasteiger partial charge in [-0.05, 0) is 25.1 Å². The number of ketones is 1. The number of nitrogens with one attached hydrogen (secondary N) is 1. The Morgan fingerprint density at radius 2 is 2.21 bits per heavy atom. The van der Waals surface area contributed by atoms with Gasteiger partial charge >= 0.3 is 0 Å². The van der Waals surface area contributed by atoms with E-state index in [4.69, 9.17) is 16.3 Å². The van der Waals surface area contributed by atoms with Gasteiger partial charge in [0.05, 0.1) is 18.0 Å². The summed E-state index contributed by atoms with van der Waals surface area (Å²) < 4.78 is 5.53. The van der Waals surface area contributed by atoms with Gasteiger partial charge in [0, 0.05) is 24.5 Å². The molecule has 0 radical (unpaired) electrons. The summed E-state index contributed by atoms with van der Waals surface area (Å²) in [6, 6.07) is 5.11. The van der Waals surface area contributed by atoms with Gasteiger partial charge in [0.2, 0.25) is 5.91 Å². The summed E-state index contributed by atoms with van der Waals surface area (Å²) in [5.41, 5.74) is 1.38. The predicted octanol–water partition coefficient (Wildman–Crippen LogP) is 2.46. The zero-order chi connectivity index (χ0) is 14.0. The van der Waals surface area contributed by atoms with Crippen molar-refractivity contribution in [2.45, 2.75) is 31.7 Å². The molecule has 1 aliphatic heterocycles. The van der Waals surface area contributed by atoms with Gasteiger partial charge in [0.15, 0.2) is 5.78 Å². The number of carbonyl (C=O) groups is 2. The SMILES string of the molecule is CC(=O)N[C@H]1CCOc2ccc(C(=O)[C@@H](C)Cl)cc21. The molecule has 0 unspecified atom stereocenters. The Bertz CT molecular complexity index is 513. The lowest BCUT2D eigenvalue weighted by Gasteiger charge is -2.26. The summed E-state index contributed by atoms with van der Waals surface area (Å²) in [6.45, 7) is 3.67. The van der Waals surface area contributed by atoms with Crippen LogP contribution in [0.1, 0.15) is 42.2 Å². The van der Waals surface area contributed by atoms with Crippen LogP contribution in [0.15, 0.2) is 18.2 Å². The van der Waals surface area contributed by atoms with Crippen LogP contribution in [-0.2, 0) is 4.79 Å². The van der Waals surface area contributed by atoms with E-state index in [0.29, 0.717) is 24.3 Å². The zero-order valence-electron chi connectivity index (χ0n) is 10.9. The molecule has 0 bridgehead atoms. The molecule has 5 heteroatoms. The molecular formula is C14H16ClNO3. The molecule has 0 saturated heterocycles. The van der Waals surface area contributed by atoms with Crippen molar-refractivity contribution in [3.05, 3.63) is 29.3 Å². The quantitative estimate of drug-likeness (QED) is 0.684. The minimum absolute atomic E-state index is 0.0970. The van der Waals surface area contributed by atoms with Crippen molar-refractivity contribution < 1.29 is 14.3 Å². The summed E-state index contributed by atoms with van der Waals surface area (Å²) in [7, 11) is 0. The fourth-order valence-corrected chi connectivity index (χ4v) is 2.30. The Morgan fingerprint density at radius 3 is 2.84 bits per heavy atom. The van der Waals surface area contributed by atoms with Crippen LogP contribution in [0.5, 0.6) is 5.75 Å². The average molecular weight is 282 g/mol. The van der Waals surface area contributed by atoms with E-state index in [9.17, 15) is 9.59 Å². The highest BCUT2D eigenvalue weighted by atomic mass is 35.5. The molecule has 102 valence electrons. The van der Waals surface area contributed by atoms with Gasteiger partial charge in [-0.1, -0.05) is 0 Å². The van der Waals surface area contributed by atoms with E-state index in [1.54, 1.807) is 25.1 Å². The first-order valence-electron chi connectivity index (χ1n) is 6.21. The number of hydrogen-bond donors (Lipinski definition) is 1. The van der Waals surface area contributed by atoms with Crippen molar-refractivity contribution in [2.75, 3.05) is 6.61 Å². The van der Waals surface area contributed by atoms with Crippen molar-refractivity contribution >= 4 is 23.3 Å². The number of ether oxygens (including phenoxy) is 1. The normalized spacial score (nSPS) is 19.0. The second-order valence-electron chi connectivity index (χ2n) is 4.62. The Balaban J connectivity index is 2.35. The summed E-state index contributed by atoms with van der Waals surface area (Å²) >= 11 is 5.82. The molecule has 0 saturated carbocycles. The van der Waals surface area contributed by atoms with E-state index < -0.39 is 5.38 Å². The Morgan fingerprint density at radius 1 is 1.47 bits per heavy atom. The van der Waals surface area contributed by atoms with Crippen LogP contribution in [0.3, 0.4) is 0 Å². The molecule has 2 atom stereocenters. The summed E-state index contributed by atoms with van der Waals surface area (Å²) in [5.74, 6) is 0.487. The third-order valence-electron chi connectivity index (χ3n) is 3.07. The molecule has 0 fully saturated rings. The fraction of sp³-hybridized carbons (Fsp3) is 0.429. The van der Waals surface area contributed by atoms with E-state index >= 15 is 0 Å². The summed E-state index contributed by atoms with van der Waals surface area (Å²) in [6.07, 6.45) is 0.695. The summed E-state index contributed by atoms with van der Waals surface area (Å²) in [5, 5.41) is 2.30. The first kappa shape index (κ1) is 13.9. The fourth-order valence-electron chi connectivity index (χ4n) is 2.17. The first-order chi connectivity index (χ1) is 8.99. The molecule has 1 N–H and O–H groups in total. The second kappa shape index (κ2) is 5.61. The van der Waals surface area contributed by atoms with Crippen LogP contribution in [-0.4, -0.2) is 23.7 Å². The molecule has 1 amide bonds. The molecule has 1 aromatic rings. The van der Waals surface area contributed by atoms with Gasteiger partial charge in [-0.15, -0.1) is 11.6 Å². The lowest BCUT2D eigenvalue weighted by atomic mass is 9.96. The molecule has 0 aromatic heterocycles. The molecule has 2 rings (SSSR count). The van der Waals surface area contributed by atoms with Crippen molar-refractivity contribution in [3.63, 3.8) is 0 Å². The lowest BCUT2D eigenvalue weighted by molar-refractivity contribution is -0.119. The summed E-state index contributed by atoms with van der Waals surface area (Å²) in [4.78, 5) is 23.1. The van der Waals surface area contributed by atoms with Crippen LogP contribution in [0, 0.1) is 0 Å². The number of alkyl halides is 1. The van der Waals surface area contributed by atoms with E-state index in [1.165, 1.54) is 6.92 Å². The standard InChI is InChI=1S/C14H16ClNO3/c1-8(15)14(18)10-3-4-13-11(7-10)12(5-6-19-13)16-9(2)17/h3-4,7-8,12H,5-6H2,1-2H3,(H,16,17)/t8-,12+/m1/s1. The number of benzene rings is 1. The van der Waals surface area contributed by atoms with Crippen LogP contribution >= 0.6 is 11.6 Å². The average Bonchev–Trinajstić information content (AvgIpc) is 2.37. The highest BCUT2D eigenvalue weighted by molar-refractivity contribution is 6.33. The maximum absolute atomic E-state index is 11.9. The minimum Gasteiger partial charge on any atom is -0.493 e. The van der Waals surface area contributed by atoms with Crippen LogP contribution in [0.2, 0.25) is 0 Å². The van der Waals surface area contributed by atoms with E-state index in [-0.39, 0.29) is 17.7 Å². The topological polar surface area (TPSA) is 55.4 Å². The third-order valence-corrected chi connectivity index (χ3v) is 3.27. The molecular weight excluding hydrogens is 266 g/mol. The number of hydrogen-bond acceptors (Lipinski definition) is 3. The smallest absolute Gasteiger partial charge is 0.217 e. The van der Waals surface area contributed by atoms with Crippen molar-refractivity contribution in [1.29, 1.82) is 0 Å². The number of halogens is 1. The molecule has 0 spiro atoms. The Labute approximate surface area is 117 Å². The second-order valence-corrected chi connectivity index (χ2v) is 5.28. The monoisotopic (exact) mass is 281 g/mol. The largest absolute Gasteiger partial charge is 0.493 e.